The van der Waals surface area contributed by atoms with Crippen LogP contribution in [0, 0.1) is 5.82 Å². The first kappa shape index (κ1) is 23.8. The number of aromatic nitrogens is 1. The van der Waals surface area contributed by atoms with Crippen molar-refractivity contribution in [3.05, 3.63) is 51.7 Å². The van der Waals surface area contributed by atoms with Crippen molar-refractivity contribution in [2.24, 2.45) is 4.99 Å². The largest absolute Gasteiger partial charge is 0.356 e. The number of benzene rings is 1. The highest BCUT2D eigenvalue weighted by molar-refractivity contribution is 14.0. The molecule has 0 spiro atoms. The number of hydrogen-bond donors (Lipinski definition) is 2. The number of hydrogen-bond acceptors (Lipinski definition) is 4. The third kappa shape index (κ3) is 7.71. The molecule has 0 fully saturated rings. The Balaban J connectivity index is 0.00000364. The van der Waals surface area contributed by atoms with Gasteiger partial charge in [0.1, 0.15) is 5.82 Å². The molecule has 1 heterocycles. The molecular formula is C19H29FIN5S. The fraction of sp³-hybridized carbons (Fsp3) is 0.474. The molecule has 1 aromatic carbocycles. The van der Waals surface area contributed by atoms with Gasteiger partial charge in [0, 0.05) is 37.6 Å². The van der Waals surface area contributed by atoms with Crippen molar-refractivity contribution in [1.82, 2.24) is 20.5 Å². The van der Waals surface area contributed by atoms with E-state index in [4.69, 9.17) is 0 Å². The molecule has 0 aliphatic heterocycles. The first-order valence-corrected chi connectivity index (χ1v) is 9.65. The SMILES string of the molecule is CCc1cnc(CCNC(=NC)NCC(c2cccc(F)c2)N(C)C)s1.I. The maximum atomic E-state index is 13.5. The van der Waals surface area contributed by atoms with Gasteiger partial charge in [-0.05, 0) is 38.2 Å². The van der Waals surface area contributed by atoms with E-state index < -0.39 is 0 Å². The van der Waals surface area contributed by atoms with E-state index in [9.17, 15) is 4.39 Å². The molecule has 8 heteroatoms. The molecule has 1 aromatic heterocycles. The van der Waals surface area contributed by atoms with Gasteiger partial charge in [0.15, 0.2) is 5.96 Å². The first-order chi connectivity index (χ1) is 12.5. The third-order valence-electron chi connectivity index (χ3n) is 4.12. The van der Waals surface area contributed by atoms with Crippen LogP contribution in [0.1, 0.15) is 28.4 Å². The monoisotopic (exact) mass is 505 g/mol. The summed E-state index contributed by atoms with van der Waals surface area (Å²) in [7, 11) is 5.73. The zero-order valence-electron chi connectivity index (χ0n) is 16.3. The lowest BCUT2D eigenvalue weighted by Gasteiger charge is -2.26. The van der Waals surface area contributed by atoms with Crippen LogP contribution in [0.2, 0.25) is 0 Å². The lowest BCUT2D eigenvalue weighted by molar-refractivity contribution is 0.297. The van der Waals surface area contributed by atoms with Crippen LogP contribution in [0.3, 0.4) is 0 Å². The van der Waals surface area contributed by atoms with Crippen molar-refractivity contribution in [2.75, 3.05) is 34.2 Å². The predicted molar refractivity (Wildman–Crippen MR) is 123 cm³/mol. The summed E-state index contributed by atoms with van der Waals surface area (Å²) >= 11 is 1.76. The van der Waals surface area contributed by atoms with Crippen LogP contribution in [0.4, 0.5) is 4.39 Å². The lowest BCUT2D eigenvalue weighted by Crippen LogP contribution is -2.42. The van der Waals surface area contributed by atoms with Crippen LogP contribution in [-0.2, 0) is 12.8 Å². The highest BCUT2D eigenvalue weighted by atomic mass is 127. The summed E-state index contributed by atoms with van der Waals surface area (Å²) in [6, 6.07) is 6.78. The summed E-state index contributed by atoms with van der Waals surface area (Å²) in [6.07, 6.45) is 3.85. The average molecular weight is 505 g/mol. The Kier molecular flexibility index (Phi) is 10.8. The predicted octanol–water partition coefficient (Wildman–Crippen LogP) is 3.47. The molecule has 1 atom stereocenters. The summed E-state index contributed by atoms with van der Waals surface area (Å²) in [5.41, 5.74) is 0.938. The van der Waals surface area contributed by atoms with Gasteiger partial charge in [-0.25, -0.2) is 9.37 Å². The zero-order chi connectivity index (χ0) is 18.9. The van der Waals surface area contributed by atoms with Crippen molar-refractivity contribution < 1.29 is 4.39 Å². The maximum Gasteiger partial charge on any atom is 0.191 e. The molecule has 2 N–H and O–H groups in total. The Morgan fingerprint density at radius 3 is 2.70 bits per heavy atom. The minimum atomic E-state index is -0.216. The molecule has 0 bridgehead atoms. The van der Waals surface area contributed by atoms with Gasteiger partial charge < -0.3 is 15.5 Å². The van der Waals surface area contributed by atoms with Gasteiger partial charge in [-0.1, -0.05) is 19.1 Å². The fourth-order valence-electron chi connectivity index (χ4n) is 2.64. The van der Waals surface area contributed by atoms with Gasteiger partial charge in [0.25, 0.3) is 0 Å². The van der Waals surface area contributed by atoms with Gasteiger partial charge in [-0.15, -0.1) is 35.3 Å². The molecule has 0 radical (unpaired) electrons. The summed E-state index contributed by atoms with van der Waals surface area (Å²) in [4.78, 5) is 12.1. The van der Waals surface area contributed by atoms with E-state index in [2.05, 4.69) is 32.4 Å². The molecule has 27 heavy (non-hydrogen) atoms. The van der Waals surface area contributed by atoms with Gasteiger partial charge in [-0.2, -0.15) is 0 Å². The van der Waals surface area contributed by atoms with E-state index >= 15 is 0 Å². The first-order valence-electron chi connectivity index (χ1n) is 8.83. The van der Waals surface area contributed by atoms with Crippen molar-refractivity contribution in [3.63, 3.8) is 0 Å². The van der Waals surface area contributed by atoms with Crippen LogP contribution in [0.25, 0.3) is 0 Å². The Bertz CT molecular complexity index is 720. The number of aryl methyl sites for hydroxylation is 1. The number of nitrogens with one attached hydrogen (secondary N) is 2. The van der Waals surface area contributed by atoms with Crippen LogP contribution in [0.5, 0.6) is 0 Å². The van der Waals surface area contributed by atoms with Crippen molar-refractivity contribution in [1.29, 1.82) is 0 Å². The molecular weight excluding hydrogens is 476 g/mol. The fourth-order valence-corrected chi connectivity index (χ4v) is 3.50. The summed E-state index contributed by atoms with van der Waals surface area (Å²) in [6.45, 7) is 3.54. The standard InChI is InChI=1S/C19H28FN5S.HI/c1-5-16-12-23-18(26-16)9-10-22-19(21-2)24-13-17(25(3)4)14-7-6-8-15(20)11-14;/h6-8,11-12,17H,5,9-10,13H2,1-4H3,(H2,21,22,24);1H. The highest BCUT2D eigenvalue weighted by Gasteiger charge is 2.15. The number of halogens is 2. The van der Waals surface area contributed by atoms with E-state index in [1.807, 2.05) is 26.4 Å². The van der Waals surface area contributed by atoms with E-state index in [1.165, 1.54) is 10.9 Å². The van der Waals surface area contributed by atoms with Crippen LogP contribution >= 0.6 is 35.3 Å². The number of guanidine groups is 1. The molecule has 0 aliphatic rings. The lowest BCUT2D eigenvalue weighted by atomic mass is 10.1. The van der Waals surface area contributed by atoms with Crippen LogP contribution < -0.4 is 10.6 Å². The van der Waals surface area contributed by atoms with Gasteiger partial charge >= 0.3 is 0 Å². The normalized spacial score (nSPS) is 12.6. The van der Waals surface area contributed by atoms with Crippen molar-refractivity contribution in [2.45, 2.75) is 25.8 Å². The third-order valence-corrected chi connectivity index (χ3v) is 5.33. The van der Waals surface area contributed by atoms with Gasteiger partial charge in [0.05, 0.1) is 11.0 Å². The van der Waals surface area contributed by atoms with Crippen molar-refractivity contribution in [3.8, 4) is 0 Å². The Morgan fingerprint density at radius 1 is 1.33 bits per heavy atom. The quantitative estimate of drug-likeness (QED) is 0.328. The van der Waals surface area contributed by atoms with E-state index in [-0.39, 0.29) is 35.8 Å². The van der Waals surface area contributed by atoms with E-state index in [1.54, 1.807) is 30.5 Å². The molecule has 1 unspecified atom stereocenters. The molecule has 150 valence electrons. The van der Waals surface area contributed by atoms with E-state index in [0.29, 0.717) is 6.54 Å². The average Bonchev–Trinajstić information content (AvgIpc) is 3.08. The second-order valence-corrected chi connectivity index (χ2v) is 7.44. The van der Waals surface area contributed by atoms with Crippen molar-refractivity contribution >= 4 is 41.3 Å². The van der Waals surface area contributed by atoms with Crippen LogP contribution in [-0.4, -0.2) is 50.1 Å². The number of thiazole rings is 1. The Labute approximate surface area is 182 Å². The minimum absolute atomic E-state index is 0. The topological polar surface area (TPSA) is 52.6 Å². The summed E-state index contributed by atoms with van der Waals surface area (Å²) < 4.78 is 13.5. The Morgan fingerprint density at radius 2 is 2.11 bits per heavy atom. The molecule has 0 aliphatic carbocycles. The molecule has 0 saturated heterocycles. The van der Waals surface area contributed by atoms with Gasteiger partial charge in [-0.3, -0.25) is 4.99 Å². The molecule has 0 saturated carbocycles. The molecule has 5 nitrogen and oxygen atoms in total. The Hall–Kier alpha value is -1.26. The maximum absolute atomic E-state index is 13.5. The molecule has 0 amide bonds. The zero-order valence-corrected chi connectivity index (χ0v) is 19.5. The van der Waals surface area contributed by atoms with Gasteiger partial charge in [0.2, 0.25) is 0 Å². The second kappa shape index (κ2) is 12.2. The minimum Gasteiger partial charge on any atom is -0.356 e. The molecule has 2 aromatic rings. The summed E-state index contributed by atoms with van der Waals surface area (Å²) in [5.74, 6) is 0.521. The summed E-state index contributed by atoms with van der Waals surface area (Å²) in [5, 5.41) is 7.78. The van der Waals surface area contributed by atoms with E-state index in [0.717, 1.165) is 35.9 Å². The second-order valence-electron chi connectivity index (χ2n) is 6.24. The number of nitrogens with zero attached hydrogens (tertiary/aromatic N) is 3. The van der Waals surface area contributed by atoms with Crippen LogP contribution in [0.15, 0.2) is 35.5 Å². The number of likely N-dealkylation sites (N-methyl/N-ethyl adjacent to an activating group) is 1. The number of aliphatic imine (C=N–C) groups is 1. The highest BCUT2D eigenvalue weighted by Crippen LogP contribution is 2.18. The number of rotatable bonds is 8. The smallest absolute Gasteiger partial charge is 0.191 e. The molecule has 2 rings (SSSR count).